The molecule has 2 heterocycles. The van der Waals surface area contributed by atoms with Gasteiger partial charge in [-0.2, -0.15) is 0 Å². The molecule has 96 valence electrons. The van der Waals surface area contributed by atoms with Gasteiger partial charge in [-0.1, -0.05) is 0 Å². The minimum atomic E-state index is 0.557. The van der Waals surface area contributed by atoms with Crippen molar-refractivity contribution in [2.75, 3.05) is 11.1 Å². The van der Waals surface area contributed by atoms with Crippen LogP contribution in [0.1, 0.15) is 11.1 Å². The Morgan fingerprint density at radius 3 is 2.89 bits per heavy atom. The molecule has 3 N–H and O–H groups in total. The molecule has 6 nitrogen and oxygen atoms in total. The summed E-state index contributed by atoms with van der Waals surface area (Å²) in [6, 6.07) is 5.64. The minimum absolute atomic E-state index is 0.557. The number of nitrogen functional groups attached to an aromatic ring is 1. The molecule has 3 aromatic rings. The van der Waals surface area contributed by atoms with Crippen LogP contribution in [0.15, 0.2) is 35.2 Å². The molecule has 0 saturated carbocycles. The first-order chi connectivity index (χ1) is 9.25. The van der Waals surface area contributed by atoms with Crippen LogP contribution in [0, 0.1) is 6.92 Å². The van der Waals surface area contributed by atoms with Crippen molar-refractivity contribution < 1.29 is 4.63 Å². The summed E-state index contributed by atoms with van der Waals surface area (Å²) in [7, 11) is 0. The predicted octanol–water partition coefficient (Wildman–Crippen LogP) is 2.12. The highest BCUT2D eigenvalue weighted by atomic mass is 16.6. The van der Waals surface area contributed by atoms with Crippen molar-refractivity contribution in [2.45, 2.75) is 13.5 Å². The molecule has 19 heavy (non-hydrogen) atoms. The van der Waals surface area contributed by atoms with Crippen molar-refractivity contribution in [3.05, 3.63) is 41.7 Å². The van der Waals surface area contributed by atoms with Gasteiger partial charge >= 0.3 is 0 Å². The largest absolute Gasteiger partial charge is 0.397 e. The first-order valence-electron chi connectivity index (χ1n) is 5.90. The third-order valence-electron chi connectivity index (χ3n) is 3.05. The van der Waals surface area contributed by atoms with Crippen molar-refractivity contribution >= 4 is 22.4 Å². The van der Waals surface area contributed by atoms with Crippen molar-refractivity contribution in [3.8, 4) is 0 Å². The number of nitrogens with one attached hydrogen (secondary N) is 1. The van der Waals surface area contributed by atoms with E-state index in [0.29, 0.717) is 23.3 Å². The van der Waals surface area contributed by atoms with Gasteiger partial charge in [0.05, 0.1) is 11.4 Å². The Labute approximate surface area is 109 Å². The number of fused-ring (bicyclic) bond motifs is 1. The Morgan fingerprint density at radius 2 is 2.05 bits per heavy atom. The molecule has 0 radical (unpaired) electrons. The van der Waals surface area contributed by atoms with E-state index in [1.807, 2.05) is 25.3 Å². The van der Waals surface area contributed by atoms with Crippen LogP contribution < -0.4 is 11.1 Å². The van der Waals surface area contributed by atoms with Crippen LogP contribution in [0.4, 0.5) is 11.4 Å². The molecule has 0 aliphatic heterocycles. The molecule has 0 aliphatic rings. The Kier molecular flexibility index (Phi) is 2.75. The molecular formula is C13H13N5O. The van der Waals surface area contributed by atoms with Crippen LogP contribution >= 0.6 is 0 Å². The van der Waals surface area contributed by atoms with Gasteiger partial charge in [-0.05, 0) is 46.6 Å². The maximum atomic E-state index is 5.80. The number of aryl methyl sites for hydroxylation is 1. The van der Waals surface area contributed by atoms with E-state index in [1.54, 1.807) is 12.3 Å². The molecule has 0 unspecified atom stereocenters. The number of hydrogen-bond donors (Lipinski definition) is 2. The topological polar surface area (TPSA) is 89.9 Å². The van der Waals surface area contributed by atoms with E-state index < -0.39 is 0 Å². The molecule has 2 aromatic heterocycles. The smallest absolute Gasteiger partial charge is 0.160 e. The third-order valence-corrected chi connectivity index (χ3v) is 3.05. The second-order valence-corrected chi connectivity index (χ2v) is 4.32. The van der Waals surface area contributed by atoms with Gasteiger partial charge in [0.2, 0.25) is 0 Å². The Morgan fingerprint density at radius 1 is 1.21 bits per heavy atom. The normalized spacial score (nSPS) is 10.8. The lowest BCUT2D eigenvalue weighted by molar-refractivity contribution is 0.316. The second kappa shape index (κ2) is 4.56. The fourth-order valence-electron chi connectivity index (χ4n) is 1.92. The zero-order valence-corrected chi connectivity index (χ0v) is 10.4. The molecule has 0 amide bonds. The maximum absolute atomic E-state index is 5.80. The summed E-state index contributed by atoms with van der Waals surface area (Å²) in [6.45, 7) is 2.71. The lowest BCUT2D eigenvalue weighted by atomic mass is 10.1. The van der Waals surface area contributed by atoms with E-state index in [9.17, 15) is 0 Å². The molecule has 6 heteroatoms. The molecule has 1 aromatic carbocycles. The number of nitrogens with zero attached hydrogens (tertiary/aromatic N) is 3. The lowest BCUT2D eigenvalue weighted by Crippen LogP contribution is -2.02. The van der Waals surface area contributed by atoms with Crippen molar-refractivity contribution in [1.29, 1.82) is 0 Å². The zero-order chi connectivity index (χ0) is 13.2. The van der Waals surface area contributed by atoms with Gasteiger partial charge < -0.3 is 11.1 Å². The van der Waals surface area contributed by atoms with Gasteiger partial charge in [0.25, 0.3) is 0 Å². The molecule has 0 saturated heterocycles. The van der Waals surface area contributed by atoms with Crippen molar-refractivity contribution in [1.82, 2.24) is 15.3 Å². The molecule has 0 bridgehead atoms. The standard InChI is InChI=1S/C13H13N5O/c1-8-6-15-5-4-9(8)7-16-11-3-2-10(14)12-13(11)18-19-17-12/h2-6,16H,7,14H2,1H3. The highest BCUT2D eigenvalue weighted by Crippen LogP contribution is 2.25. The van der Waals surface area contributed by atoms with E-state index in [4.69, 9.17) is 10.4 Å². The Bertz CT molecular complexity index is 722. The highest BCUT2D eigenvalue weighted by Gasteiger charge is 2.09. The number of aromatic nitrogens is 3. The van der Waals surface area contributed by atoms with Crippen LogP contribution in [0.5, 0.6) is 0 Å². The molecule has 0 aliphatic carbocycles. The Balaban J connectivity index is 1.88. The van der Waals surface area contributed by atoms with E-state index in [2.05, 4.69) is 20.6 Å². The second-order valence-electron chi connectivity index (χ2n) is 4.32. The maximum Gasteiger partial charge on any atom is 0.160 e. The zero-order valence-electron chi connectivity index (χ0n) is 10.4. The molecule has 3 rings (SSSR count). The number of anilines is 2. The monoisotopic (exact) mass is 255 g/mol. The number of hydrogen-bond acceptors (Lipinski definition) is 6. The average Bonchev–Trinajstić information content (AvgIpc) is 2.90. The summed E-state index contributed by atoms with van der Waals surface area (Å²) >= 11 is 0. The van der Waals surface area contributed by atoms with Crippen LogP contribution in [0.2, 0.25) is 0 Å². The number of benzene rings is 1. The van der Waals surface area contributed by atoms with E-state index in [0.717, 1.165) is 11.3 Å². The third kappa shape index (κ3) is 2.08. The summed E-state index contributed by atoms with van der Waals surface area (Å²) in [5.74, 6) is 0. The Hall–Kier alpha value is -2.63. The predicted molar refractivity (Wildman–Crippen MR) is 72.5 cm³/mol. The number of rotatable bonds is 3. The van der Waals surface area contributed by atoms with Gasteiger partial charge in [0, 0.05) is 18.9 Å². The first-order valence-corrected chi connectivity index (χ1v) is 5.90. The number of pyridine rings is 1. The fourth-order valence-corrected chi connectivity index (χ4v) is 1.92. The highest BCUT2D eigenvalue weighted by molar-refractivity contribution is 5.94. The SMILES string of the molecule is Cc1cnccc1CNc1ccc(N)c2nonc12. The van der Waals surface area contributed by atoms with Crippen molar-refractivity contribution in [2.24, 2.45) is 0 Å². The van der Waals surface area contributed by atoms with Crippen LogP contribution in [-0.2, 0) is 6.54 Å². The minimum Gasteiger partial charge on any atom is -0.397 e. The van der Waals surface area contributed by atoms with Crippen molar-refractivity contribution in [3.63, 3.8) is 0 Å². The van der Waals surface area contributed by atoms with Crippen LogP contribution in [-0.4, -0.2) is 15.3 Å². The van der Waals surface area contributed by atoms with Crippen LogP contribution in [0.25, 0.3) is 11.0 Å². The number of nitrogens with two attached hydrogens (primary N) is 1. The lowest BCUT2D eigenvalue weighted by Gasteiger charge is -2.08. The summed E-state index contributed by atoms with van der Waals surface area (Å²) in [4.78, 5) is 4.07. The van der Waals surface area contributed by atoms with Gasteiger partial charge in [-0.15, -0.1) is 0 Å². The van der Waals surface area contributed by atoms with E-state index in [1.165, 1.54) is 5.56 Å². The van der Waals surface area contributed by atoms with Gasteiger partial charge in [0.15, 0.2) is 11.0 Å². The van der Waals surface area contributed by atoms with Crippen LogP contribution in [0.3, 0.4) is 0 Å². The molecule has 0 fully saturated rings. The molecule has 0 atom stereocenters. The summed E-state index contributed by atoms with van der Waals surface area (Å²) in [6.07, 6.45) is 3.62. The summed E-state index contributed by atoms with van der Waals surface area (Å²) < 4.78 is 4.73. The fraction of sp³-hybridized carbons (Fsp3) is 0.154. The van der Waals surface area contributed by atoms with E-state index in [-0.39, 0.29) is 0 Å². The van der Waals surface area contributed by atoms with Gasteiger partial charge in [-0.3, -0.25) is 4.98 Å². The quantitative estimate of drug-likeness (QED) is 0.697. The average molecular weight is 255 g/mol. The molecule has 0 spiro atoms. The van der Waals surface area contributed by atoms with E-state index >= 15 is 0 Å². The van der Waals surface area contributed by atoms with Gasteiger partial charge in [0.1, 0.15) is 0 Å². The summed E-state index contributed by atoms with van der Waals surface area (Å²) in [5.41, 5.74) is 10.7. The molecular weight excluding hydrogens is 242 g/mol. The van der Waals surface area contributed by atoms with Gasteiger partial charge in [-0.25, -0.2) is 4.63 Å². The first kappa shape index (κ1) is 11.5. The summed E-state index contributed by atoms with van der Waals surface area (Å²) in [5, 5.41) is 11.0.